The molecule has 26 heavy (non-hydrogen) atoms. The number of aromatic amines is 1. The maximum absolute atomic E-state index is 5.29. The molecule has 3 heterocycles. The van der Waals surface area contributed by atoms with Crippen LogP contribution in [-0.4, -0.2) is 27.0 Å². The third kappa shape index (κ3) is 3.09. The second-order valence-corrected chi connectivity index (χ2v) is 6.04. The van der Waals surface area contributed by atoms with Crippen LogP contribution in [0.2, 0.25) is 0 Å². The number of benzene rings is 1. The number of H-pyrrole nitrogens is 1. The number of rotatable bonds is 5. The predicted octanol–water partition coefficient (Wildman–Crippen LogP) is 4.69. The number of ether oxygens (including phenoxy) is 1. The van der Waals surface area contributed by atoms with Crippen LogP contribution in [0, 0.1) is 0 Å². The minimum absolute atomic E-state index is 0. The lowest BCUT2D eigenvalue weighted by molar-refractivity contribution is 0.414. The number of nitrogens with one attached hydrogen (secondary N) is 2. The first-order valence-corrected chi connectivity index (χ1v) is 8.39. The number of hydrogen-bond donors (Lipinski definition) is 2. The monoisotopic (exact) mass is 349 g/mol. The van der Waals surface area contributed by atoms with Gasteiger partial charge in [0.25, 0.3) is 0 Å². The third-order valence-electron chi connectivity index (χ3n) is 4.35. The lowest BCUT2D eigenvalue weighted by Crippen LogP contribution is -2.08. The van der Waals surface area contributed by atoms with Crippen molar-refractivity contribution in [3.8, 4) is 17.0 Å². The second-order valence-electron chi connectivity index (χ2n) is 6.04. The fourth-order valence-corrected chi connectivity index (χ4v) is 2.94. The molecule has 0 saturated heterocycles. The molecule has 0 aliphatic heterocycles. The van der Waals surface area contributed by atoms with Gasteiger partial charge in [-0.25, -0.2) is 15.0 Å². The average molecular weight is 349 g/mol. The topological polar surface area (TPSA) is 75.7 Å². The van der Waals surface area contributed by atoms with E-state index in [2.05, 4.69) is 44.3 Å². The smallest absolute Gasteiger partial charge is 0.138 e. The van der Waals surface area contributed by atoms with E-state index < -0.39 is 0 Å². The zero-order chi connectivity index (χ0) is 17.9. The zero-order valence-electron chi connectivity index (χ0n) is 14.6. The summed E-state index contributed by atoms with van der Waals surface area (Å²) in [5.74, 6) is 1.49. The summed E-state index contributed by atoms with van der Waals surface area (Å²) in [6.07, 6.45) is 5.17. The van der Waals surface area contributed by atoms with Gasteiger partial charge in [-0.05, 0) is 18.6 Å². The molecule has 2 N–H and O–H groups in total. The van der Waals surface area contributed by atoms with Gasteiger partial charge in [0, 0.05) is 32.1 Å². The van der Waals surface area contributed by atoms with E-state index in [1.807, 2.05) is 36.5 Å². The van der Waals surface area contributed by atoms with E-state index in [9.17, 15) is 0 Å². The zero-order valence-corrected chi connectivity index (χ0v) is 14.6. The van der Waals surface area contributed by atoms with Gasteiger partial charge in [-0.2, -0.15) is 0 Å². The van der Waals surface area contributed by atoms with E-state index in [-0.39, 0.29) is 8.90 Å². The number of pyridine rings is 1. The minimum atomic E-state index is 0. The van der Waals surface area contributed by atoms with Gasteiger partial charge in [0.2, 0.25) is 0 Å². The summed E-state index contributed by atoms with van der Waals surface area (Å²) in [6, 6.07) is 14.3. The van der Waals surface area contributed by atoms with Gasteiger partial charge in [-0.15, -0.1) is 0 Å². The maximum Gasteiger partial charge on any atom is 0.138 e. The Hall–Kier alpha value is -3.41. The molecule has 1 aromatic carbocycles. The van der Waals surface area contributed by atoms with Crippen LogP contribution in [0.15, 0.2) is 61.2 Å². The number of aromatic nitrogens is 4. The molecule has 4 aromatic rings. The maximum atomic E-state index is 5.29. The van der Waals surface area contributed by atoms with Crippen molar-refractivity contribution in [1.29, 1.82) is 0 Å². The molecule has 0 amide bonds. The first kappa shape index (κ1) is 16.1. The van der Waals surface area contributed by atoms with E-state index in [4.69, 9.17) is 4.74 Å². The SMILES string of the molecule is COc1cnc2[nH]cc(-c3cc(N[C@@H](C)c4ccccc4)ncn3)c2c1.[HH].[HH]. The van der Waals surface area contributed by atoms with E-state index in [0.29, 0.717) is 5.75 Å². The molecule has 0 aliphatic rings. The summed E-state index contributed by atoms with van der Waals surface area (Å²) in [5.41, 5.74) is 3.79. The molecule has 0 radical (unpaired) electrons. The highest BCUT2D eigenvalue weighted by atomic mass is 16.5. The van der Waals surface area contributed by atoms with Crippen molar-refractivity contribution < 1.29 is 7.59 Å². The molecule has 0 saturated carbocycles. The van der Waals surface area contributed by atoms with Crippen molar-refractivity contribution in [2.45, 2.75) is 13.0 Å². The van der Waals surface area contributed by atoms with E-state index in [1.54, 1.807) is 19.6 Å². The van der Waals surface area contributed by atoms with Gasteiger partial charge < -0.3 is 15.0 Å². The van der Waals surface area contributed by atoms with Crippen LogP contribution in [0.4, 0.5) is 5.82 Å². The van der Waals surface area contributed by atoms with Crippen LogP contribution in [0.5, 0.6) is 5.75 Å². The fourth-order valence-electron chi connectivity index (χ4n) is 2.94. The molecule has 1 atom stereocenters. The standard InChI is InChI=1S/C20H19N5O.2H2/c1-13(14-6-4-3-5-7-14)25-19-9-18(23-12-24-19)17-11-22-20-16(17)8-15(26-2)10-21-20;;/h3-13H,1-2H3,(H,21,22)(H,23,24,25);2*1H/t13-;;/m0../s1. The summed E-state index contributed by atoms with van der Waals surface area (Å²) >= 11 is 0. The van der Waals surface area contributed by atoms with Crippen molar-refractivity contribution in [2.24, 2.45) is 0 Å². The third-order valence-corrected chi connectivity index (χ3v) is 4.35. The molecule has 6 nitrogen and oxygen atoms in total. The molecule has 0 fully saturated rings. The van der Waals surface area contributed by atoms with Crippen LogP contribution in [0.3, 0.4) is 0 Å². The summed E-state index contributed by atoms with van der Waals surface area (Å²) in [5, 5.41) is 4.39. The highest BCUT2D eigenvalue weighted by Crippen LogP contribution is 2.30. The number of anilines is 1. The van der Waals surface area contributed by atoms with Gasteiger partial charge >= 0.3 is 0 Å². The first-order chi connectivity index (χ1) is 12.7. The Balaban J connectivity index is 0.00000140. The van der Waals surface area contributed by atoms with E-state index >= 15 is 0 Å². The highest BCUT2D eigenvalue weighted by Gasteiger charge is 2.12. The molecule has 0 aliphatic carbocycles. The van der Waals surface area contributed by atoms with Gasteiger partial charge in [0.05, 0.1) is 19.0 Å². The van der Waals surface area contributed by atoms with Crippen molar-refractivity contribution >= 4 is 16.9 Å². The second kappa shape index (κ2) is 6.84. The lowest BCUT2D eigenvalue weighted by atomic mass is 10.1. The number of fused-ring (bicyclic) bond motifs is 1. The number of methoxy groups -OCH3 is 1. The lowest BCUT2D eigenvalue weighted by Gasteiger charge is -2.15. The Labute approximate surface area is 154 Å². The van der Waals surface area contributed by atoms with Crippen molar-refractivity contribution in [2.75, 3.05) is 12.4 Å². The first-order valence-electron chi connectivity index (χ1n) is 8.39. The van der Waals surface area contributed by atoms with Crippen LogP contribution in [0.25, 0.3) is 22.3 Å². The number of hydrogen-bond acceptors (Lipinski definition) is 5. The summed E-state index contributed by atoms with van der Waals surface area (Å²) in [6.45, 7) is 2.11. The highest BCUT2D eigenvalue weighted by molar-refractivity contribution is 5.93. The quantitative estimate of drug-likeness (QED) is 0.546. The number of nitrogens with zero attached hydrogens (tertiary/aromatic N) is 3. The Morgan fingerprint density at radius 2 is 1.96 bits per heavy atom. The van der Waals surface area contributed by atoms with Crippen molar-refractivity contribution in [1.82, 2.24) is 19.9 Å². The Morgan fingerprint density at radius 3 is 2.77 bits per heavy atom. The van der Waals surface area contributed by atoms with Crippen LogP contribution in [0.1, 0.15) is 21.4 Å². The van der Waals surface area contributed by atoms with Gasteiger partial charge in [0.15, 0.2) is 0 Å². The molecule has 6 heteroatoms. The van der Waals surface area contributed by atoms with Crippen LogP contribution in [-0.2, 0) is 0 Å². The van der Waals surface area contributed by atoms with Crippen molar-refractivity contribution in [3.05, 3.63) is 66.7 Å². The normalized spacial score (nSPS) is 12.1. The summed E-state index contributed by atoms with van der Waals surface area (Å²) < 4.78 is 5.29. The molecular weight excluding hydrogens is 326 g/mol. The molecule has 0 unspecified atom stereocenters. The predicted molar refractivity (Wildman–Crippen MR) is 106 cm³/mol. The van der Waals surface area contributed by atoms with E-state index in [0.717, 1.165) is 28.1 Å². The summed E-state index contributed by atoms with van der Waals surface area (Å²) in [7, 11) is 1.63. The summed E-state index contributed by atoms with van der Waals surface area (Å²) in [4.78, 5) is 16.3. The van der Waals surface area contributed by atoms with Gasteiger partial charge in [-0.3, -0.25) is 0 Å². The van der Waals surface area contributed by atoms with Gasteiger partial charge in [-0.1, -0.05) is 30.3 Å². The Morgan fingerprint density at radius 1 is 1.12 bits per heavy atom. The van der Waals surface area contributed by atoms with Crippen LogP contribution >= 0.6 is 0 Å². The van der Waals surface area contributed by atoms with Gasteiger partial charge in [0.1, 0.15) is 23.5 Å². The van der Waals surface area contributed by atoms with Crippen LogP contribution < -0.4 is 10.1 Å². The van der Waals surface area contributed by atoms with E-state index in [1.165, 1.54) is 5.56 Å². The molecular formula is C20H23N5O. The molecule has 134 valence electrons. The molecule has 4 rings (SSSR count). The Kier molecular flexibility index (Phi) is 4.23. The minimum Gasteiger partial charge on any atom is -0.495 e. The fraction of sp³-hybridized carbons (Fsp3) is 0.150. The molecule has 0 bridgehead atoms. The van der Waals surface area contributed by atoms with Crippen molar-refractivity contribution in [3.63, 3.8) is 0 Å². The Bertz CT molecular complexity index is 1040. The molecule has 0 spiro atoms. The largest absolute Gasteiger partial charge is 0.495 e. The average Bonchev–Trinajstić information content (AvgIpc) is 3.12. The molecule has 3 aromatic heterocycles.